The summed E-state index contributed by atoms with van der Waals surface area (Å²) in [7, 11) is 1.32. The van der Waals surface area contributed by atoms with Crippen LogP contribution >= 0.6 is 0 Å². The molecule has 4 nitrogen and oxygen atoms in total. The van der Waals surface area contributed by atoms with Gasteiger partial charge in [0.15, 0.2) is 11.5 Å². The van der Waals surface area contributed by atoms with Crippen molar-refractivity contribution in [1.29, 1.82) is 0 Å². The van der Waals surface area contributed by atoms with Crippen LogP contribution in [0.3, 0.4) is 0 Å². The molecular weight excluding hydrogens is 172 g/mol. The molecule has 0 saturated heterocycles. The highest BCUT2D eigenvalue weighted by molar-refractivity contribution is 6.19. The molecule has 1 atom stereocenters. The molecule has 1 rings (SSSR count). The van der Waals surface area contributed by atoms with E-state index in [9.17, 15) is 9.59 Å². The number of hydrogen-bond donors (Lipinski definition) is 1. The summed E-state index contributed by atoms with van der Waals surface area (Å²) < 4.78 is 4.67. The van der Waals surface area contributed by atoms with E-state index in [4.69, 9.17) is 5.11 Å². The van der Waals surface area contributed by atoms with Crippen molar-refractivity contribution in [3.05, 3.63) is 23.5 Å². The van der Waals surface area contributed by atoms with Crippen molar-refractivity contribution >= 4 is 11.6 Å². The van der Waals surface area contributed by atoms with Gasteiger partial charge in [0.2, 0.25) is 5.78 Å². The van der Waals surface area contributed by atoms with Crippen LogP contribution in [-0.2, 0) is 14.3 Å². The number of hydrogen-bond acceptors (Lipinski definition) is 4. The summed E-state index contributed by atoms with van der Waals surface area (Å²) in [6, 6.07) is 0. The van der Waals surface area contributed by atoms with Crippen LogP contribution in [0, 0.1) is 0 Å². The number of aliphatic hydroxyl groups is 1. The van der Waals surface area contributed by atoms with Gasteiger partial charge in [-0.3, -0.25) is 9.59 Å². The first-order valence-corrected chi connectivity index (χ1v) is 3.80. The van der Waals surface area contributed by atoms with Crippen LogP contribution in [0.4, 0.5) is 0 Å². The molecule has 0 bridgehead atoms. The summed E-state index contributed by atoms with van der Waals surface area (Å²) in [5.74, 6) is -0.765. The second-order valence-corrected chi connectivity index (χ2v) is 2.72. The lowest BCUT2D eigenvalue weighted by molar-refractivity contribution is -0.117. The second kappa shape index (κ2) is 3.53. The first kappa shape index (κ1) is 9.67. The molecule has 0 aromatic carbocycles. The highest BCUT2D eigenvalue weighted by Crippen LogP contribution is 2.14. The van der Waals surface area contributed by atoms with Gasteiger partial charge in [-0.25, -0.2) is 0 Å². The fourth-order valence-corrected chi connectivity index (χ4v) is 1.04. The van der Waals surface area contributed by atoms with Crippen molar-refractivity contribution in [2.45, 2.75) is 13.0 Å². The molecular formula is C9H10O4. The third-order valence-electron chi connectivity index (χ3n) is 1.75. The monoisotopic (exact) mass is 182 g/mol. The smallest absolute Gasteiger partial charge is 0.221 e. The maximum absolute atomic E-state index is 11.2. The molecule has 0 spiro atoms. The Morgan fingerprint density at radius 1 is 1.31 bits per heavy atom. The topological polar surface area (TPSA) is 63.6 Å². The summed E-state index contributed by atoms with van der Waals surface area (Å²) in [6.07, 6.45) is 1.27. The van der Waals surface area contributed by atoms with E-state index in [1.54, 1.807) is 0 Å². The lowest BCUT2D eigenvalue weighted by atomic mass is 9.98. The fraction of sp³-hybridized carbons (Fsp3) is 0.333. The number of ketones is 2. The first-order chi connectivity index (χ1) is 6.06. The molecule has 0 heterocycles. The Bertz CT molecular complexity index is 310. The molecule has 0 saturated carbocycles. The quantitative estimate of drug-likeness (QED) is 0.609. The van der Waals surface area contributed by atoms with E-state index in [1.807, 2.05) is 0 Å². The molecule has 1 aliphatic rings. The van der Waals surface area contributed by atoms with E-state index in [-0.39, 0.29) is 17.1 Å². The maximum atomic E-state index is 11.2. The molecule has 13 heavy (non-hydrogen) atoms. The number of aliphatic hydroxyl groups excluding tert-OH is 1. The predicted molar refractivity (Wildman–Crippen MR) is 44.9 cm³/mol. The van der Waals surface area contributed by atoms with E-state index < -0.39 is 11.9 Å². The van der Waals surface area contributed by atoms with E-state index in [2.05, 4.69) is 4.74 Å². The van der Waals surface area contributed by atoms with Crippen molar-refractivity contribution in [1.82, 2.24) is 0 Å². The van der Waals surface area contributed by atoms with Gasteiger partial charge in [0.05, 0.1) is 13.2 Å². The van der Waals surface area contributed by atoms with E-state index in [0.29, 0.717) is 0 Å². The number of carbonyl (C=O) groups is 2. The van der Waals surface area contributed by atoms with Crippen LogP contribution in [0.15, 0.2) is 23.5 Å². The summed E-state index contributed by atoms with van der Waals surface area (Å²) in [4.78, 5) is 22.4. The van der Waals surface area contributed by atoms with Crippen molar-refractivity contribution in [3.63, 3.8) is 0 Å². The van der Waals surface area contributed by atoms with Crippen molar-refractivity contribution in [3.8, 4) is 0 Å². The van der Waals surface area contributed by atoms with E-state index >= 15 is 0 Å². The largest absolute Gasteiger partial charge is 0.493 e. The summed E-state index contributed by atoms with van der Waals surface area (Å²) in [5.41, 5.74) is 0.103. The summed E-state index contributed by atoms with van der Waals surface area (Å²) in [5, 5.41) is 9.11. The molecule has 1 aliphatic carbocycles. The fourth-order valence-electron chi connectivity index (χ4n) is 1.04. The number of allylic oxidation sites excluding steroid dienone is 2. The summed E-state index contributed by atoms with van der Waals surface area (Å²) >= 11 is 0. The van der Waals surface area contributed by atoms with Crippen molar-refractivity contribution < 1.29 is 19.4 Å². The van der Waals surface area contributed by atoms with Gasteiger partial charge in [0.1, 0.15) is 0 Å². The number of carbonyl (C=O) groups excluding carboxylic acids is 2. The Morgan fingerprint density at radius 3 is 2.38 bits per heavy atom. The van der Waals surface area contributed by atoms with Gasteiger partial charge in [-0.15, -0.1) is 0 Å². The van der Waals surface area contributed by atoms with Crippen LogP contribution in [0.1, 0.15) is 6.92 Å². The molecule has 0 aliphatic heterocycles. The molecule has 0 aromatic rings. The number of ether oxygens (including phenoxy) is 1. The lowest BCUT2D eigenvalue weighted by Crippen LogP contribution is -2.20. The minimum atomic E-state index is -0.925. The molecule has 70 valence electrons. The standard InChI is InChI=1S/C9H10O4/c1-5(10)6-3-8(12)9(13-2)4-7(6)11/h3-5,10H,1-2H3. The van der Waals surface area contributed by atoms with Crippen LogP contribution < -0.4 is 0 Å². The van der Waals surface area contributed by atoms with Gasteiger partial charge in [0, 0.05) is 11.6 Å². The molecule has 1 N–H and O–H groups in total. The normalized spacial score (nSPS) is 19.3. The number of rotatable bonds is 2. The zero-order valence-electron chi connectivity index (χ0n) is 7.40. The van der Waals surface area contributed by atoms with Crippen LogP contribution in [0.2, 0.25) is 0 Å². The van der Waals surface area contributed by atoms with Gasteiger partial charge >= 0.3 is 0 Å². The van der Waals surface area contributed by atoms with Gasteiger partial charge < -0.3 is 9.84 Å². The molecule has 0 amide bonds. The lowest BCUT2D eigenvalue weighted by Gasteiger charge is -2.12. The predicted octanol–water partition coefficient (Wildman–Crippen LogP) is -0.0243. The van der Waals surface area contributed by atoms with Crippen molar-refractivity contribution in [2.24, 2.45) is 0 Å². The Balaban J connectivity index is 2.98. The van der Waals surface area contributed by atoms with Crippen LogP contribution in [-0.4, -0.2) is 29.9 Å². The first-order valence-electron chi connectivity index (χ1n) is 3.80. The van der Waals surface area contributed by atoms with Crippen LogP contribution in [0.5, 0.6) is 0 Å². The minimum absolute atomic E-state index is 0.00870. The third-order valence-corrected chi connectivity index (χ3v) is 1.75. The second-order valence-electron chi connectivity index (χ2n) is 2.72. The molecule has 4 heteroatoms. The van der Waals surface area contributed by atoms with Gasteiger partial charge in [-0.2, -0.15) is 0 Å². The molecule has 0 aromatic heterocycles. The zero-order valence-corrected chi connectivity index (χ0v) is 7.40. The maximum Gasteiger partial charge on any atom is 0.221 e. The average Bonchev–Trinajstić information content (AvgIpc) is 2.07. The highest BCUT2D eigenvalue weighted by Gasteiger charge is 2.23. The number of methoxy groups -OCH3 is 1. The Labute approximate surface area is 75.5 Å². The zero-order chi connectivity index (χ0) is 10.0. The highest BCUT2D eigenvalue weighted by atomic mass is 16.5. The molecule has 0 radical (unpaired) electrons. The minimum Gasteiger partial charge on any atom is -0.493 e. The SMILES string of the molecule is COC1=CC(=O)C(C(C)O)=CC1=O. The van der Waals surface area contributed by atoms with E-state index in [0.717, 1.165) is 12.2 Å². The van der Waals surface area contributed by atoms with Crippen LogP contribution in [0.25, 0.3) is 0 Å². The summed E-state index contributed by atoms with van der Waals surface area (Å²) in [6.45, 7) is 1.43. The molecule has 1 unspecified atom stereocenters. The molecule has 0 fully saturated rings. The third kappa shape index (κ3) is 1.84. The Kier molecular flexibility index (Phi) is 2.63. The van der Waals surface area contributed by atoms with Gasteiger partial charge in [0.25, 0.3) is 0 Å². The van der Waals surface area contributed by atoms with Gasteiger partial charge in [-0.1, -0.05) is 0 Å². The Hall–Kier alpha value is -1.42. The van der Waals surface area contributed by atoms with E-state index in [1.165, 1.54) is 14.0 Å². The van der Waals surface area contributed by atoms with Gasteiger partial charge in [-0.05, 0) is 13.0 Å². The van der Waals surface area contributed by atoms with Crippen molar-refractivity contribution in [2.75, 3.05) is 7.11 Å². The Morgan fingerprint density at radius 2 is 1.92 bits per heavy atom. The average molecular weight is 182 g/mol.